The van der Waals surface area contributed by atoms with Crippen LogP contribution in [-0.2, 0) is 39.5 Å². The lowest BCUT2D eigenvalue weighted by Gasteiger charge is -2.43. The lowest BCUT2D eigenvalue weighted by atomic mass is 9.98. The average molecular weight is 700 g/mol. The Kier molecular flexibility index (Phi) is 11.0. The third-order valence-electron chi connectivity index (χ3n) is 5.65. The fraction of sp³-hybridized carbons (Fsp3) is 0.423. The number of carbonyl (C=O) groups excluding carboxylic acids is 1. The first-order valence-electron chi connectivity index (χ1n) is 12.0. The molecule has 1 heterocycles. The molecular weight excluding hydrogens is 672 g/mol. The van der Waals surface area contributed by atoms with Gasteiger partial charge in [0.2, 0.25) is 6.29 Å². The number of halogens is 4. The van der Waals surface area contributed by atoms with Crippen LogP contribution in [0.2, 0.25) is 0 Å². The molecule has 0 spiro atoms. The lowest BCUT2D eigenvalue weighted by molar-refractivity contribution is -0.288. The quantitative estimate of drug-likeness (QED) is 0.158. The summed E-state index contributed by atoms with van der Waals surface area (Å²) in [6.45, 7) is 5.88. The molecule has 14 heteroatoms. The van der Waals surface area contributed by atoms with Crippen LogP contribution in [0.15, 0.2) is 66.1 Å². The first-order chi connectivity index (χ1) is 18.7. The van der Waals surface area contributed by atoms with Crippen LogP contribution in [0.4, 0.5) is 13.2 Å². The van der Waals surface area contributed by atoms with Crippen LogP contribution in [-0.4, -0.2) is 63.4 Å². The van der Waals surface area contributed by atoms with E-state index in [0.717, 1.165) is 21.8 Å². The van der Waals surface area contributed by atoms with Gasteiger partial charge in [-0.1, -0.05) is 26.0 Å². The van der Waals surface area contributed by atoms with Gasteiger partial charge in [-0.3, -0.25) is 8.98 Å². The number of aliphatic hydroxyl groups excluding tert-OH is 1. The molecule has 1 N–H and O–H groups in total. The van der Waals surface area contributed by atoms with Crippen LogP contribution in [0.25, 0.3) is 0 Å². The molecule has 9 nitrogen and oxygen atoms in total. The van der Waals surface area contributed by atoms with Crippen LogP contribution in [0, 0.1) is 9.49 Å². The van der Waals surface area contributed by atoms with Gasteiger partial charge in [-0.25, -0.2) is 0 Å². The Morgan fingerprint density at radius 3 is 2.45 bits per heavy atom. The van der Waals surface area contributed by atoms with Gasteiger partial charge in [0.1, 0.15) is 24.1 Å². The largest absolute Gasteiger partial charge is 0.461 e. The van der Waals surface area contributed by atoms with Crippen LogP contribution in [0.5, 0.6) is 5.75 Å². The van der Waals surface area contributed by atoms with Gasteiger partial charge in [-0.05, 0) is 65.1 Å². The maximum absolute atomic E-state index is 13.1. The number of benzene rings is 2. The molecule has 0 amide bonds. The molecule has 1 aliphatic rings. The van der Waals surface area contributed by atoms with Crippen molar-refractivity contribution in [2.45, 2.75) is 55.6 Å². The number of hydrogen-bond donors (Lipinski definition) is 1. The molecule has 0 unspecified atom stereocenters. The Morgan fingerprint density at radius 2 is 1.85 bits per heavy atom. The van der Waals surface area contributed by atoms with Crippen molar-refractivity contribution in [3.63, 3.8) is 0 Å². The molecule has 1 fully saturated rings. The third-order valence-corrected chi connectivity index (χ3v) is 7.65. The molecule has 40 heavy (non-hydrogen) atoms. The summed E-state index contributed by atoms with van der Waals surface area (Å²) in [7, 11) is -4.70. The van der Waals surface area contributed by atoms with E-state index in [1.165, 1.54) is 6.08 Å². The Bertz CT molecular complexity index is 1270. The fourth-order valence-corrected chi connectivity index (χ4v) is 4.91. The molecule has 2 aromatic rings. The Labute approximate surface area is 243 Å². The van der Waals surface area contributed by atoms with E-state index in [0.29, 0.717) is 11.8 Å². The predicted molar refractivity (Wildman–Crippen MR) is 144 cm³/mol. The van der Waals surface area contributed by atoms with Crippen molar-refractivity contribution in [2.75, 3.05) is 13.2 Å². The van der Waals surface area contributed by atoms with Crippen molar-refractivity contribution in [3.05, 3.63) is 70.3 Å². The summed E-state index contributed by atoms with van der Waals surface area (Å²) in [6.07, 6.45) is -10.3. The highest BCUT2D eigenvalue weighted by Crippen LogP contribution is 2.32. The van der Waals surface area contributed by atoms with E-state index >= 15 is 0 Å². The van der Waals surface area contributed by atoms with Gasteiger partial charge in [-0.15, -0.1) is 6.58 Å². The number of carbonyl (C=O) groups is 1. The van der Waals surface area contributed by atoms with E-state index < -0.39 is 76.0 Å². The van der Waals surface area contributed by atoms with Crippen LogP contribution in [0.3, 0.4) is 0 Å². The number of alkyl halides is 3. The molecule has 0 bridgehead atoms. The highest BCUT2D eigenvalue weighted by Gasteiger charge is 2.50. The topological polar surface area (TPSA) is 118 Å². The van der Waals surface area contributed by atoms with Crippen molar-refractivity contribution in [3.8, 4) is 5.75 Å². The van der Waals surface area contributed by atoms with E-state index in [-0.39, 0.29) is 6.61 Å². The van der Waals surface area contributed by atoms with Gasteiger partial charge in [0.15, 0.2) is 6.10 Å². The van der Waals surface area contributed by atoms with Crippen molar-refractivity contribution < 1.29 is 54.6 Å². The standard InChI is InChI=1S/C26H28F3IO9S/c1-4-12-35-22-21(31)20(14-36-40(33,34)19-7-5-6-16(13-19)26(27,28)29)38-25(23(22)39-24(32)15(2)3)37-18-10-8-17(30)9-11-18/h4-11,13,15,20-23,25,31H,1,12,14H2,2-3H3/t20-,21-,22-,23-,25+/m0/s1. The Hall–Kier alpha value is -2.24. The molecule has 1 aliphatic heterocycles. The maximum atomic E-state index is 13.1. The molecule has 2 aromatic carbocycles. The van der Waals surface area contributed by atoms with E-state index in [4.69, 9.17) is 23.1 Å². The molecule has 3 rings (SSSR count). The first kappa shape index (κ1) is 32.3. The third kappa shape index (κ3) is 8.39. The van der Waals surface area contributed by atoms with Gasteiger partial charge in [0, 0.05) is 3.57 Å². The van der Waals surface area contributed by atoms with Gasteiger partial charge in [0.25, 0.3) is 10.1 Å². The zero-order valence-corrected chi connectivity index (χ0v) is 24.4. The van der Waals surface area contributed by atoms with Gasteiger partial charge in [0.05, 0.1) is 29.6 Å². The summed E-state index contributed by atoms with van der Waals surface area (Å²) < 4.78 is 93.6. The summed E-state index contributed by atoms with van der Waals surface area (Å²) in [5.41, 5.74) is -1.18. The second-order valence-corrected chi connectivity index (χ2v) is 11.9. The highest BCUT2D eigenvalue weighted by atomic mass is 127. The second-order valence-electron chi connectivity index (χ2n) is 9.01. The molecule has 0 saturated carbocycles. The van der Waals surface area contributed by atoms with Gasteiger partial charge < -0.3 is 24.1 Å². The smallest absolute Gasteiger partial charge is 0.416 e. The van der Waals surface area contributed by atoms with E-state index in [9.17, 15) is 31.5 Å². The SMILES string of the molecule is C=CCO[C@H]1[C@@H](O)[C@H](COS(=O)(=O)c2cccc(C(F)(F)F)c2)O[C@@H](Oc2ccc(I)cc2)[C@H]1OC(=O)C(C)C. The van der Waals surface area contributed by atoms with E-state index in [2.05, 4.69) is 29.2 Å². The van der Waals surface area contributed by atoms with E-state index in [1.807, 2.05) is 0 Å². The average Bonchev–Trinajstić information content (AvgIpc) is 2.89. The number of hydrogen-bond acceptors (Lipinski definition) is 9. The summed E-state index contributed by atoms with van der Waals surface area (Å²) in [4.78, 5) is 11.8. The van der Waals surface area contributed by atoms with Crippen molar-refractivity contribution in [1.82, 2.24) is 0 Å². The molecular formula is C26H28F3IO9S. The molecule has 5 atom stereocenters. The minimum atomic E-state index is -4.77. The number of aliphatic hydroxyl groups is 1. The number of rotatable bonds is 11. The summed E-state index contributed by atoms with van der Waals surface area (Å²) in [5.74, 6) is -0.869. The van der Waals surface area contributed by atoms with Gasteiger partial charge in [-0.2, -0.15) is 21.6 Å². The lowest BCUT2D eigenvalue weighted by Crippen LogP contribution is -2.62. The van der Waals surface area contributed by atoms with Crippen molar-refractivity contribution in [2.24, 2.45) is 5.92 Å². The number of ether oxygens (including phenoxy) is 4. The summed E-state index contributed by atoms with van der Waals surface area (Å²) in [5, 5.41) is 11.1. The summed E-state index contributed by atoms with van der Waals surface area (Å²) in [6, 6.07) is 9.79. The van der Waals surface area contributed by atoms with Crippen LogP contribution < -0.4 is 4.74 Å². The maximum Gasteiger partial charge on any atom is 0.416 e. The normalized spacial score (nSPS) is 23.6. The highest BCUT2D eigenvalue weighted by molar-refractivity contribution is 14.1. The second kappa shape index (κ2) is 13.6. The monoisotopic (exact) mass is 700 g/mol. The van der Waals surface area contributed by atoms with Crippen LogP contribution >= 0.6 is 22.6 Å². The molecule has 1 saturated heterocycles. The van der Waals surface area contributed by atoms with E-state index in [1.54, 1.807) is 38.1 Å². The molecule has 0 radical (unpaired) electrons. The minimum Gasteiger partial charge on any atom is -0.461 e. The minimum absolute atomic E-state index is 0.0795. The predicted octanol–water partition coefficient (Wildman–Crippen LogP) is 4.32. The zero-order chi connectivity index (χ0) is 29.7. The zero-order valence-electron chi connectivity index (χ0n) is 21.4. The molecule has 0 aromatic heterocycles. The van der Waals surface area contributed by atoms with Gasteiger partial charge >= 0.3 is 12.1 Å². The summed E-state index contributed by atoms with van der Waals surface area (Å²) >= 11 is 2.09. The Balaban J connectivity index is 1.89. The molecule has 220 valence electrons. The van der Waals surface area contributed by atoms with Crippen LogP contribution in [0.1, 0.15) is 19.4 Å². The first-order valence-corrected chi connectivity index (χ1v) is 14.5. The Morgan fingerprint density at radius 1 is 1.18 bits per heavy atom. The fourth-order valence-electron chi connectivity index (χ4n) is 3.59. The molecule has 0 aliphatic carbocycles. The number of esters is 1. The van der Waals surface area contributed by atoms with Crippen molar-refractivity contribution in [1.29, 1.82) is 0 Å². The van der Waals surface area contributed by atoms with Crippen molar-refractivity contribution >= 4 is 38.7 Å².